The molecule has 2 N–H and O–H groups in total. The smallest absolute Gasteiger partial charge is 0.239 e. The molecule has 2 unspecified atom stereocenters. The Morgan fingerprint density at radius 1 is 1.32 bits per heavy atom. The third-order valence-corrected chi connectivity index (χ3v) is 3.77. The molecule has 0 spiro atoms. The van der Waals surface area contributed by atoms with E-state index in [0.717, 1.165) is 12.8 Å². The topological polar surface area (TPSA) is 92.5 Å². The zero-order valence-corrected chi connectivity index (χ0v) is 11.0. The van der Waals surface area contributed by atoms with Crippen molar-refractivity contribution >= 4 is 0 Å². The van der Waals surface area contributed by atoms with Gasteiger partial charge in [0.25, 0.3) is 0 Å². The van der Waals surface area contributed by atoms with Crippen molar-refractivity contribution in [1.29, 1.82) is 0 Å². The van der Waals surface area contributed by atoms with Gasteiger partial charge < -0.3 is 9.84 Å². The Hall–Kier alpha value is -1.76. The molecule has 1 fully saturated rings. The Labute approximate surface area is 111 Å². The average molecular weight is 262 g/mol. The van der Waals surface area contributed by atoms with E-state index in [1.165, 1.54) is 25.6 Å². The molecule has 2 aromatic heterocycles. The molecule has 7 heteroatoms. The molecule has 0 radical (unpaired) electrons. The van der Waals surface area contributed by atoms with Crippen molar-refractivity contribution in [3.63, 3.8) is 0 Å². The highest BCUT2D eigenvalue weighted by molar-refractivity contribution is 5.39. The monoisotopic (exact) mass is 262 g/mol. The van der Waals surface area contributed by atoms with Crippen LogP contribution in [-0.2, 0) is 0 Å². The molecular weight excluding hydrogens is 244 g/mol. The number of aromatic amines is 1. The van der Waals surface area contributed by atoms with E-state index in [4.69, 9.17) is 4.52 Å². The fraction of sp³-hybridized carbons (Fsp3) is 0.667. The molecule has 0 saturated heterocycles. The Morgan fingerprint density at radius 3 is 3.00 bits per heavy atom. The maximum absolute atomic E-state index is 5.43. The molecule has 7 nitrogen and oxygen atoms in total. The number of rotatable bonds is 3. The largest absolute Gasteiger partial charge is 0.338 e. The van der Waals surface area contributed by atoms with E-state index in [2.05, 4.69) is 30.6 Å². The molecule has 0 aromatic carbocycles. The van der Waals surface area contributed by atoms with E-state index in [0.29, 0.717) is 23.6 Å². The third-order valence-electron chi connectivity index (χ3n) is 3.77. The van der Waals surface area contributed by atoms with Gasteiger partial charge >= 0.3 is 0 Å². The predicted octanol–water partition coefficient (Wildman–Crippen LogP) is 1.49. The van der Waals surface area contributed by atoms with E-state index < -0.39 is 0 Å². The first-order valence-corrected chi connectivity index (χ1v) is 6.75. The normalized spacial score (nSPS) is 24.3. The van der Waals surface area contributed by atoms with Gasteiger partial charge in [-0.05, 0) is 19.9 Å². The van der Waals surface area contributed by atoms with Gasteiger partial charge in [0.1, 0.15) is 6.33 Å². The lowest BCUT2D eigenvalue weighted by atomic mass is 9.95. The van der Waals surface area contributed by atoms with Crippen LogP contribution in [0.1, 0.15) is 43.9 Å². The van der Waals surface area contributed by atoms with Crippen LogP contribution in [0.2, 0.25) is 0 Å². The first-order chi connectivity index (χ1) is 9.38. The lowest BCUT2D eigenvalue weighted by Crippen LogP contribution is -2.31. The van der Waals surface area contributed by atoms with Gasteiger partial charge in [-0.1, -0.05) is 24.4 Å². The number of nitrogens with one attached hydrogen (secondary N) is 2. The van der Waals surface area contributed by atoms with Crippen LogP contribution in [0.4, 0.5) is 0 Å². The Balaban J connectivity index is 1.84. The Kier molecular flexibility index (Phi) is 3.54. The van der Waals surface area contributed by atoms with Crippen LogP contribution in [0.15, 0.2) is 10.9 Å². The van der Waals surface area contributed by atoms with Crippen molar-refractivity contribution < 1.29 is 4.52 Å². The number of H-pyrrole nitrogens is 1. The summed E-state index contributed by atoms with van der Waals surface area (Å²) in [6.45, 7) is 0. The third kappa shape index (κ3) is 2.51. The lowest BCUT2D eigenvalue weighted by molar-refractivity contribution is 0.311. The summed E-state index contributed by atoms with van der Waals surface area (Å²) in [5.41, 5.74) is 0. The van der Waals surface area contributed by atoms with Crippen molar-refractivity contribution in [1.82, 2.24) is 30.6 Å². The predicted molar refractivity (Wildman–Crippen MR) is 68.3 cm³/mol. The van der Waals surface area contributed by atoms with Gasteiger partial charge in [-0.25, -0.2) is 4.98 Å². The standard InChI is InChI=1S/C12H18N6O/c1-13-9-6-4-2-3-5-8(9)12-16-11(18-19-12)10-14-7-15-17-10/h7-9,13H,2-6H2,1H3,(H,14,15,17). The van der Waals surface area contributed by atoms with Gasteiger partial charge in [0.05, 0.1) is 5.92 Å². The van der Waals surface area contributed by atoms with E-state index in [1.807, 2.05) is 7.05 Å². The number of aromatic nitrogens is 5. The molecule has 0 bridgehead atoms. The van der Waals surface area contributed by atoms with Crippen LogP contribution in [-0.4, -0.2) is 38.4 Å². The molecule has 1 aliphatic rings. The second-order valence-corrected chi connectivity index (χ2v) is 4.93. The summed E-state index contributed by atoms with van der Waals surface area (Å²) in [4.78, 5) is 8.50. The SMILES string of the molecule is CNC1CCCCCC1c1nc(-c2ncn[nH]2)no1. The number of likely N-dealkylation sites (N-methyl/N-ethyl adjacent to an activating group) is 1. The average Bonchev–Trinajstić information content (AvgIpc) is 3.05. The van der Waals surface area contributed by atoms with Crippen molar-refractivity contribution in [2.75, 3.05) is 7.05 Å². The first kappa shape index (κ1) is 12.3. The summed E-state index contributed by atoms with van der Waals surface area (Å²) < 4.78 is 5.43. The minimum Gasteiger partial charge on any atom is -0.338 e. The molecular formula is C12H18N6O. The molecule has 0 amide bonds. The Bertz CT molecular complexity index is 508. The molecule has 2 heterocycles. The highest BCUT2D eigenvalue weighted by Gasteiger charge is 2.29. The molecule has 1 saturated carbocycles. The summed E-state index contributed by atoms with van der Waals surface area (Å²) in [6, 6.07) is 0.408. The highest BCUT2D eigenvalue weighted by atomic mass is 16.5. The second-order valence-electron chi connectivity index (χ2n) is 4.93. The van der Waals surface area contributed by atoms with Gasteiger partial charge in [-0.3, -0.25) is 5.10 Å². The summed E-state index contributed by atoms with van der Waals surface area (Å²) in [5, 5.41) is 13.9. The summed E-state index contributed by atoms with van der Waals surface area (Å²) in [7, 11) is 2.00. The van der Waals surface area contributed by atoms with Crippen molar-refractivity contribution in [2.24, 2.45) is 0 Å². The van der Waals surface area contributed by atoms with E-state index >= 15 is 0 Å². The van der Waals surface area contributed by atoms with E-state index in [1.54, 1.807) is 0 Å². The van der Waals surface area contributed by atoms with Gasteiger partial charge in [0.15, 0.2) is 5.82 Å². The number of hydrogen-bond donors (Lipinski definition) is 2. The molecule has 0 aliphatic heterocycles. The summed E-state index contributed by atoms with van der Waals surface area (Å²) >= 11 is 0. The van der Waals surface area contributed by atoms with Gasteiger partial charge in [0.2, 0.25) is 11.7 Å². The Morgan fingerprint density at radius 2 is 2.21 bits per heavy atom. The van der Waals surface area contributed by atoms with Crippen LogP contribution < -0.4 is 5.32 Å². The number of nitrogens with zero attached hydrogens (tertiary/aromatic N) is 4. The van der Waals surface area contributed by atoms with E-state index in [-0.39, 0.29) is 5.92 Å². The van der Waals surface area contributed by atoms with Crippen LogP contribution in [0, 0.1) is 0 Å². The zero-order valence-electron chi connectivity index (χ0n) is 11.0. The number of hydrogen-bond acceptors (Lipinski definition) is 6. The maximum Gasteiger partial charge on any atom is 0.239 e. The minimum atomic E-state index is 0.289. The zero-order chi connectivity index (χ0) is 13.1. The van der Waals surface area contributed by atoms with Crippen molar-refractivity contribution in [3.05, 3.63) is 12.2 Å². The fourth-order valence-corrected chi connectivity index (χ4v) is 2.74. The van der Waals surface area contributed by atoms with Crippen LogP contribution in [0.3, 0.4) is 0 Å². The molecule has 2 aromatic rings. The van der Waals surface area contributed by atoms with Crippen LogP contribution in [0.25, 0.3) is 11.6 Å². The maximum atomic E-state index is 5.43. The van der Waals surface area contributed by atoms with Gasteiger partial charge in [-0.2, -0.15) is 10.1 Å². The van der Waals surface area contributed by atoms with Crippen LogP contribution in [0.5, 0.6) is 0 Å². The fourth-order valence-electron chi connectivity index (χ4n) is 2.74. The molecule has 19 heavy (non-hydrogen) atoms. The second kappa shape index (κ2) is 5.48. The summed E-state index contributed by atoms with van der Waals surface area (Å²) in [6.07, 6.45) is 7.42. The van der Waals surface area contributed by atoms with Crippen molar-refractivity contribution in [2.45, 2.75) is 44.1 Å². The van der Waals surface area contributed by atoms with Gasteiger partial charge in [-0.15, -0.1) is 0 Å². The minimum absolute atomic E-state index is 0.289. The van der Waals surface area contributed by atoms with Crippen LogP contribution >= 0.6 is 0 Å². The molecule has 102 valence electrons. The molecule has 1 aliphatic carbocycles. The first-order valence-electron chi connectivity index (χ1n) is 6.75. The van der Waals surface area contributed by atoms with E-state index in [9.17, 15) is 0 Å². The highest BCUT2D eigenvalue weighted by Crippen LogP contribution is 2.31. The van der Waals surface area contributed by atoms with Crippen molar-refractivity contribution in [3.8, 4) is 11.6 Å². The molecule has 2 atom stereocenters. The molecule has 3 rings (SSSR count). The van der Waals surface area contributed by atoms with Gasteiger partial charge in [0, 0.05) is 6.04 Å². The summed E-state index contributed by atoms with van der Waals surface area (Å²) in [5.74, 6) is 2.01. The quantitative estimate of drug-likeness (QED) is 0.814. The lowest BCUT2D eigenvalue weighted by Gasteiger charge is -2.20.